The molecule has 1 aromatic heterocycles. The summed E-state index contributed by atoms with van der Waals surface area (Å²) in [6.45, 7) is 1.97. The van der Waals surface area contributed by atoms with Gasteiger partial charge >= 0.3 is 0 Å². The summed E-state index contributed by atoms with van der Waals surface area (Å²) in [5.74, 6) is 0. The molecule has 0 aliphatic rings. The van der Waals surface area contributed by atoms with Crippen LogP contribution in [0.15, 0.2) is 28.7 Å². The molecule has 0 amide bonds. The van der Waals surface area contributed by atoms with Gasteiger partial charge in [0.25, 0.3) is 0 Å². The molecule has 0 saturated carbocycles. The second-order valence-electron chi connectivity index (χ2n) is 2.95. The fourth-order valence-electron chi connectivity index (χ4n) is 1.31. The smallest absolute Gasteiger partial charge is 0.180 e. The summed E-state index contributed by atoms with van der Waals surface area (Å²) in [6, 6.07) is 8.08. The highest BCUT2D eigenvalue weighted by Gasteiger charge is 2.09. The Hall–Kier alpha value is -0.870. The Kier molecular flexibility index (Phi) is 2.56. The van der Waals surface area contributed by atoms with Gasteiger partial charge < -0.3 is 5.73 Å². The summed E-state index contributed by atoms with van der Waals surface area (Å²) < 4.78 is 1.08. The van der Waals surface area contributed by atoms with Gasteiger partial charge in [-0.05, 0) is 13.0 Å². The summed E-state index contributed by atoms with van der Waals surface area (Å²) >= 11 is 5.03. The highest BCUT2D eigenvalue weighted by Crippen LogP contribution is 2.35. The van der Waals surface area contributed by atoms with Crippen molar-refractivity contribution in [3.05, 3.63) is 34.4 Å². The van der Waals surface area contributed by atoms with Gasteiger partial charge in [-0.2, -0.15) is 0 Å². The normalized spacial score (nSPS) is 10.4. The number of nitrogens with two attached hydrogens (primary N) is 1. The number of benzene rings is 1. The maximum atomic E-state index is 5.66. The molecule has 4 heteroatoms. The first-order chi connectivity index (χ1) is 6.68. The van der Waals surface area contributed by atoms with Crippen LogP contribution in [0.5, 0.6) is 0 Å². The van der Waals surface area contributed by atoms with Crippen LogP contribution in [-0.4, -0.2) is 4.98 Å². The number of aryl methyl sites for hydroxylation is 1. The van der Waals surface area contributed by atoms with E-state index >= 15 is 0 Å². The number of hydrogen-bond donors (Lipinski definition) is 1. The van der Waals surface area contributed by atoms with Crippen LogP contribution in [0.3, 0.4) is 0 Å². The number of hydrogen-bond acceptors (Lipinski definition) is 3. The van der Waals surface area contributed by atoms with Crippen molar-refractivity contribution in [1.82, 2.24) is 4.98 Å². The van der Waals surface area contributed by atoms with Crippen molar-refractivity contribution in [2.45, 2.75) is 6.92 Å². The van der Waals surface area contributed by atoms with E-state index in [0.717, 1.165) is 20.6 Å². The molecule has 0 atom stereocenters. The Morgan fingerprint density at radius 3 is 2.64 bits per heavy atom. The molecule has 0 aliphatic carbocycles. The van der Waals surface area contributed by atoms with Gasteiger partial charge in [-0.15, -0.1) is 0 Å². The Labute approximate surface area is 94.9 Å². The molecule has 0 aliphatic heterocycles. The van der Waals surface area contributed by atoms with Gasteiger partial charge in [-0.1, -0.05) is 45.5 Å². The minimum absolute atomic E-state index is 0.619. The van der Waals surface area contributed by atoms with Crippen molar-refractivity contribution >= 4 is 32.4 Å². The van der Waals surface area contributed by atoms with Crippen molar-refractivity contribution < 1.29 is 0 Å². The molecular weight excluding hydrogens is 260 g/mol. The van der Waals surface area contributed by atoms with Gasteiger partial charge in [0.05, 0.1) is 10.6 Å². The summed E-state index contributed by atoms with van der Waals surface area (Å²) in [5, 5.41) is 0.619. The zero-order chi connectivity index (χ0) is 10.1. The first-order valence-electron chi connectivity index (χ1n) is 4.16. The van der Waals surface area contributed by atoms with Crippen LogP contribution < -0.4 is 5.73 Å². The van der Waals surface area contributed by atoms with Crippen molar-refractivity contribution in [3.63, 3.8) is 0 Å². The SMILES string of the molecule is Cc1nc(N)sc1-c1ccccc1Br. The Morgan fingerprint density at radius 2 is 2.07 bits per heavy atom. The van der Waals surface area contributed by atoms with E-state index in [9.17, 15) is 0 Å². The van der Waals surface area contributed by atoms with E-state index in [-0.39, 0.29) is 0 Å². The van der Waals surface area contributed by atoms with E-state index in [1.165, 1.54) is 11.3 Å². The molecule has 72 valence electrons. The standard InChI is InChI=1S/C10H9BrN2S/c1-6-9(14-10(12)13-6)7-4-2-3-5-8(7)11/h2-5H,1H3,(H2,12,13). The molecule has 1 aromatic carbocycles. The van der Waals surface area contributed by atoms with Crippen LogP contribution >= 0.6 is 27.3 Å². The van der Waals surface area contributed by atoms with Gasteiger partial charge in [-0.3, -0.25) is 0 Å². The molecule has 0 bridgehead atoms. The fourth-order valence-corrected chi connectivity index (χ4v) is 2.80. The van der Waals surface area contributed by atoms with E-state index in [2.05, 4.69) is 27.0 Å². The van der Waals surface area contributed by atoms with Crippen molar-refractivity contribution in [2.24, 2.45) is 0 Å². The van der Waals surface area contributed by atoms with Crippen molar-refractivity contribution in [3.8, 4) is 10.4 Å². The lowest BCUT2D eigenvalue weighted by molar-refractivity contribution is 1.27. The minimum Gasteiger partial charge on any atom is -0.375 e. The Morgan fingerprint density at radius 1 is 1.36 bits per heavy atom. The predicted molar refractivity (Wildman–Crippen MR) is 64.4 cm³/mol. The first kappa shape index (κ1) is 9.68. The van der Waals surface area contributed by atoms with Crippen LogP contribution in [0.1, 0.15) is 5.69 Å². The second kappa shape index (κ2) is 3.71. The monoisotopic (exact) mass is 268 g/mol. The third kappa shape index (κ3) is 1.67. The molecule has 0 radical (unpaired) electrons. The summed E-state index contributed by atoms with van der Waals surface area (Å²) in [4.78, 5) is 5.34. The molecule has 0 fully saturated rings. The van der Waals surface area contributed by atoms with Crippen molar-refractivity contribution in [1.29, 1.82) is 0 Å². The number of aromatic nitrogens is 1. The number of thiazole rings is 1. The third-order valence-electron chi connectivity index (χ3n) is 1.93. The van der Waals surface area contributed by atoms with E-state index < -0.39 is 0 Å². The highest BCUT2D eigenvalue weighted by molar-refractivity contribution is 9.10. The van der Waals surface area contributed by atoms with Crippen LogP contribution in [0.4, 0.5) is 5.13 Å². The summed E-state index contributed by atoms with van der Waals surface area (Å²) in [6.07, 6.45) is 0. The van der Waals surface area contributed by atoms with E-state index in [4.69, 9.17) is 5.73 Å². The summed E-state index contributed by atoms with van der Waals surface area (Å²) in [7, 11) is 0. The molecule has 2 rings (SSSR count). The highest BCUT2D eigenvalue weighted by atomic mass is 79.9. The number of rotatable bonds is 1. The fraction of sp³-hybridized carbons (Fsp3) is 0.100. The van der Waals surface area contributed by atoms with Gasteiger partial charge in [0.2, 0.25) is 0 Å². The predicted octanol–water partition coefficient (Wildman–Crippen LogP) is 3.46. The largest absolute Gasteiger partial charge is 0.375 e. The number of anilines is 1. The number of nitrogen functional groups attached to an aromatic ring is 1. The quantitative estimate of drug-likeness (QED) is 0.861. The van der Waals surface area contributed by atoms with E-state index in [1.54, 1.807) is 0 Å². The zero-order valence-electron chi connectivity index (χ0n) is 7.62. The van der Waals surface area contributed by atoms with Crippen molar-refractivity contribution in [2.75, 3.05) is 5.73 Å². The zero-order valence-corrected chi connectivity index (χ0v) is 10.0. The topological polar surface area (TPSA) is 38.9 Å². The Balaban J connectivity index is 2.60. The lowest BCUT2D eigenvalue weighted by Gasteiger charge is -2.00. The molecular formula is C10H9BrN2S. The molecule has 1 heterocycles. The number of halogens is 1. The molecule has 2 nitrogen and oxygen atoms in total. The van der Waals surface area contributed by atoms with Crippen LogP contribution in [-0.2, 0) is 0 Å². The van der Waals surface area contributed by atoms with E-state index in [0.29, 0.717) is 5.13 Å². The maximum absolute atomic E-state index is 5.66. The third-order valence-corrected chi connectivity index (χ3v) is 3.64. The van der Waals surface area contributed by atoms with Crippen LogP contribution in [0.25, 0.3) is 10.4 Å². The first-order valence-corrected chi connectivity index (χ1v) is 5.77. The van der Waals surface area contributed by atoms with Gasteiger partial charge in [0.1, 0.15) is 0 Å². The molecule has 2 aromatic rings. The molecule has 0 spiro atoms. The molecule has 2 N–H and O–H groups in total. The second-order valence-corrected chi connectivity index (χ2v) is 4.83. The molecule has 0 saturated heterocycles. The average molecular weight is 269 g/mol. The Bertz CT molecular complexity index is 465. The maximum Gasteiger partial charge on any atom is 0.180 e. The number of nitrogens with zero attached hydrogens (tertiary/aromatic N) is 1. The van der Waals surface area contributed by atoms with Crippen LogP contribution in [0.2, 0.25) is 0 Å². The lowest BCUT2D eigenvalue weighted by atomic mass is 10.2. The molecule has 14 heavy (non-hydrogen) atoms. The lowest BCUT2D eigenvalue weighted by Crippen LogP contribution is -1.81. The van der Waals surface area contributed by atoms with E-state index in [1.807, 2.05) is 25.1 Å². The van der Waals surface area contributed by atoms with Gasteiger partial charge in [0.15, 0.2) is 5.13 Å². The average Bonchev–Trinajstić information content (AvgIpc) is 2.46. The van der Waals surface area contributed by atoms with Gasteiger partial charge in [0, 0.05) is 10.0 Å². The van der Waals surface area contributed by atoms with Crippen LogP contribution in [0, 0.1) is 6.92 Å². The van der Waals surface area contributed by atoms with Gasteiger partial charge in [-0.25, -0.2) is 4.98 Å². The summed E-state index contributed by atoms with van der Waals surface area (Å²) in [5.41, 5.74) is 7.80. The minimum atomic E-state index is 0.619. The molecule has 0 unspecified atom stereocenters.